The Kier molecular flexibility index (Phi) is 4.36. The number of carbonyl (C=O) groups excluding carboxylic acids is 1. The predicted octanol–water partition coefficient (Wildman–Crippen LogP) is 3.29. The molecule has 1 aromatic carbocycles. The van der Waals surface area contributed by atoms with Gasteiger partial charge in [0.05, 0.1) is 15.4 Å². The summed E-state index contributed by atoms with van der Waals surface area (Å²) in [5, 5.41) is 0.724. The van der Waals surface area contributed by atoms with Gasteiger partial charge in [0.15, 0.2) is 5.82 Å². The molecule has 2 fully saturated rings. The Balaban J connectivity index is 1.72. The Morgan fingerprint density at radius 2 is 2.15 bits per heavy atom. The van der Waals surface area contributed by atoms with E-state index in [9.17, 15) is 9.18 Å². The zero-order chi connectivity index (χ0) is 19.7. The molecular weight excluding hydrogens is 439 g/mol. The normalized spacial score (nSPS) is 27.0. The van der Waals surface area contributed by atoms with Gasteiger partial charge in [-0.1, -0.05) is 11.6 Å². The van der Waals surface area contributed by atoms with Crippen molar-refractivity contribution in [2.75, 3.05) is 11.4 Å². The maximum atomic E-state index is 14.6. The van der Waals surface area contributed by atoms with Crippen LogP contribution >= 0.6 is 27.5 Å². The molecule has 2 N–H and O–H groups in total. The van der Waals surface area contributed by atoms with Crippen molar-refractivity contribution in [1.29, 1.82) is 0 Å². The number of esters is 1. The van der Waals surface area contributed by atoms with Crippen LogP contribution < -0.4 is 10.6 Å². The van der Waals surface area contributed by atoms with Crippen LogP contribution in [-0.2, 0) is 9.53 Å². The van der Waals surface area contributed by atoms with Gasteiger partial charge in [0.25, 0.3) is 0 Å². The summed E-state index contributed by atoms with van der Waals surface area (Å²) in [6.07, 6.45) is 1.31. The summed E-state index contributed by atoms with van der Waals surface area (Å²) in [6, 6.07) is 1.33. The van der Waals surface area contributed by atoms with Crippen molar-refractivity contribution in [3.63, 3.8) is 0 Å². The number of anilines is 1. The number of rotatable bonds is 2. The molecule has 4 atom stereocenters. The van der Waals surface area contributed by atoms with E-state index in [1.54, 1.807) is 6.07 Å². The van der Waals surface area contributed by atoms with E-state index < -0.39 is 11.4 Å². The lowest BCUT2D eigenvalue weighted by Gasteiger charge is -2.25. The summed E-state index contributed by atoms with van der Waals surface area (Å²) >= 11 is 9.27. The first-order valence-electron chi connectivity index (χ1n) is 8.63. The van der Waals surface area contributed by atoms with E-state index in [0.717, 1.165) is 0 Å². The van der Waals surface area contributed by atoms with Gasteiger partial charge in [0, 0.05) is 29.9 Å². The molecule has 9 heteroatoms. The minimum absolute atomic E-state index is 0.000586. The Labute approximate surface area is 169 Å². The number of benzene rings is 1. The van der Waals surface area contributed by atoms with Crippen LogP contribution in [0.25, 0.3) is 10.9 Å². The number of fused-ring (bicyclic) bond motifs is 2. The number of nitrogens with two attached hydrogens (primary N) is 1. The molecule has 2 aliphatic rings. The highest BCUT2D eigenvalue weighted by atomic mass is 79.9. The van der Waals surface area contributed by atoms with Gasteiger partial charge >= 0.3 is 5.97 Å². The largest absolute Gasteiger partial charge is 0.460 e. The van der Waals surface area contributed by atoms with Gasteiger partial charge in [-0.05, 0) is 42.8 Å². The molecule has 0 spiro atoms. The van der Waals surface area contributed by atoms with Gasteiger partial charge in [0.2, 0.25) is 0 Å². The fraction of sp³-hybridized carbons (Fsp3) is 0.500. The summed E-state index contributed by atoms with van der Waals surface area (Å²) < 4.78 is 20.3. The summed E-state index contributed by atoms with van der Waals surface area (Å²) in [4.78, 5) is 22.9. The Bertz CT molecular complexity index is 951. The molecule has 1 aromatic heterocycles. The summed E-state index contributed by atoms with van der Waals surface area (Å²) in [7, 11) is 0. The third-order valence-corrected chi connectivity index (χ3v) is 6.29. The molecule has 0 bridgehead atoms. The van der Waals surface area contributed by atoms with Gasteiger partial charge < -0.3 is 15.4 Å². The maximum absolute atomic E-state index is 14.6. The number of ether oxygens (including phenoxy) is 1. The van der Waals surface area contributed by atoms with Crippen LogP contribution in [0.15, 0.2) is 16.9 Å². The van der Waals surface area contributed by atoms with Gasteiger partial charge in [-0.25, -0.2) is 14.4 Å². The zero-order valence-electron chi connectivity index (χ0n) is 15.0. The molecule has 1 aliphatic carbocycles. The Morgan fingerprint density at radius 3 is 2.81 bits per heavy atom. The molecule has 1 aliphatic heterocycles. The van der Waals surface area contributed by atoms with Crippen LogP contribution in [0.2, 0.25) is 5.02 Å². The first kappa shape index (κ1) is 18.8. The van der Waals surface area contributed by atoms with Crippen molar-refractivity contribution < 1.29 is 13.9 Å². The van der Waals surface area contributed by atoms with Crippen molar-refractivity contribution in [3.05, 3.63) is 27.7 Å². The second kappa shape index (κ2) is 6.25. The van der Waals surface area contributed by atoms with Crippen LogP contribution in [0, 0.1) is 17.7 Å². The molecule has 1 saturated carbocycles. The molecule has 1 saturated heterocycles. The van der Waals surface area contributed by atoms with Gasteiger partial charge in [-0.2, -0.15) is 0 Å². The van der Waals surface area contributed by atoms with E-state index in [2.05, 4.69) is 25.9 Å². The lowest BCUT2D eigenvalue weighted by Crippen LogP contribution is -2.38. The fourth-order valence-corrected chi connectivity index (χ4v) is 4.42. The number of hydrogen-bond acceptors (Lipinski definition) is 6. The Morgan fingerprint density at radius 1 is 1.44 bits per heavy atom. The zero-order valence-corrected chi connectivity index (χ0v) is 17.4. The van der Waals surface area contributed by atoms with E-state index in [1.165, 1.54) is 6.33 Å². The second-order valence-electron chi connectivity index (χ2n) is 8.02. The molecule has 2 aromatic rings. The van der Waals surface area contributed by atoms with Crippen LogP contribution in [0.3, 0.4) is 0 Å². The smallest absolute Gasteiger partial charge is 0.311 e. The predicted molar refractivity (Wildman–Crippen MR) is 104 cm³/mol. The molecule has 2 unspecified atom stereocenters. The third-order valence-electron chi connectivity index (χ3n) is 4.99. The van der Waals surface area contributed by atoms with Crippen molar-refractivity contribution in [2.24, 2.45) is 17.6 Å². The van der Waals surface area contributed by atoms with Crippen molar-refractivity contribution in [1.82, 2.24) is 9.97 Å². The average molecular weight is 458 g/mol. The van der Waals surface area contributed by atoms with Crippen LogP contribution in [0.4, 0.5) is 10.2 Å². The van der Waals surface area contributed by atoms with E-state index in [-0.39, 0.29) is 44.9 Å². The average Bonchev–Trinajstić information content (AvgIpc) is 3.23. The van der Waals surface area contributed by atoms with E-state index >= 15 is 0 Å². The third kappa shape index (κ3) is 3.07. The SMILES string of the molecule is CC(C)(C)OC(=O)C1C2[C@H]1N(c1ncnc3c(F)c(Br)c(Cl)cc13)C[C@H]2N. The van der Waals surface area contributed by atoms with Gasteiger partial charge in [-0.15, -0.1) is 0 Å². The number of carbonyl (C=O) groups is 1. The van der Waals surface area contributed by atoms with Gasteiger partial charge in [-0.3, -0.25) is 4.79 Å². The number of hydrogen-bond donors (Lipinski definition) is 1. The maximum Gasteiger partial charge on any atom is 0.311 e. The monoisotopic (exact) mass is 456 g/mol. The van der Waals surface area contributed by atoms with Crippen molar-refractivity contribution in [3.8, 4) is 0 Å². The summed E-state index contributed by atoms with van der Waals surface area (Å²) in [5.41, 5.74) is 5.87. The Hall–Kier alpha value is -1.51. The van der Waals surface area contributed by atoms with E-state index in [1.807, 2.05) is 25.7 Å². The first-order valence-corrected chi connectivity index (χ1v) is 9.80. The highest BCUT2D eigenvalue weighted by molar-refractivity contribution is 9.10. The summed E-state index contributed by atoms with van der Waals surface area (Å²) in [6.45, 7) is 6.03. The highest BCUT2D eigenvalue weighted by Gasteiger charge is 2.66. The molecular formula is C18H19BrClFN4O2. The highest BCUT2D eigenvalue weighted by Crippen LogP contribution is 2.53. The molecule has 0 amide bonds. The van der Waals surface area contributed by atoms with Crippen LogP contribution in [-0.4, -0.2) is 40.2 Å². The topological polar surface area (TPSA) is 81.3 Å². The van der Waals surface area contributed by atoms with Crippen LogP contribution in [0.1, 0.15) is 20.8 Å². The van der Waals surface area contributed by atoms with Crippen molar-refractivity contribution >= 4 is 50.2 Å². The first-order chi connectivity index (χ1) is 12.6. The molecule has 0 radical (unpaired) electrons. The molecule has 2 heterocycles. The number of aromatic nitrogens is 2. The quantitative estimate of drug-likeness (QED) is 0.550. The van der Waals surface area contributed by atoms with E-state index in [0.29, 0.717) is 17.7 Å². The molecule has 27 heavy (non-hydrogen) atoms. The van der Waals surface area contributed by atoms with E-state index in [4.69, 9.17) is 22.1 Å². The number of piperidine rings is 1. The summed E-state index contributed by atoms with van der Waals surface area (Å²) in [5.74, 6) is -0.583. The van der Waals surface area contributed by atoms with Crippen LogP contribution in [0.5, 0.6) is 0 Å². The molecule has 144 valence electrons. The minimum Gasteiger partial charge on any atom is -0.460 e. The lowest BCUT2D eigenvalue weighted by atomic mass is 10.1. The lowest BCUT2D eigenvalue weighted by molar-refractivity contribution is -0.157. The fourth-order valence-electron chi connectivity index (χ4n) is 3.93. The van der Waals surface area contributed by atoms with Crippen molar-refractivity contribution in [2.45, 2.75) is 38.5 Å². The number of halogens is 3. The molecule has 4 rings (SSSR count). The molecule has 6 nitrogen and oxygen atoms in total. The number of nitrogens with zero attached hydrogens (tertiary/aromatic N) is 3. The van der Waals surface area contributed by atoms with Gasteiger partial charge in [0.1, 0.15) is 23.3 Å². The minimum atomic E-state index is -0.562. The standard InChI is InChI=1S/C18H19BrClFN4O2/c1-18(2,3)27-17(26)11-10-9(22)5-25(15(10)11)16-7-4-8(20)12(19)13(21)14(7)23-6-24-16/h4,6,9-11,15H,5,22H2,1-3H3/t9-,10?,11?,15-/m1/s1. The second-order valence-corrected chi connectivity index (χ2v) is 9.22.